The molecule has 0 aliphatic heterocycles. The third kappa shape index (κ3) is 3.52. The summed E-state index contributed by atoms with van der Waals surface area (Å²) in [5.74, 6) is 0.639. The van der Waals surface area contributed by atoms with E-state index in [2.05, 4.69) is 21.5 Å². The van der Waals surface area contributed by atoms with Crippen LogP contribution in [0.1, 0.15) is 16.9 Å². The minimum Gasteiger partial charge on any atom is -0.385 e. The second-order valence-corrected chi connectivity index (χ2v) is 6.38. The molecule has 7 heteroatoms. The fourth-order valence-electron chi connectivity index (χ4n) is 3.13. The Morgan fingerprint density at radius 2 is 2.00 bits per heavy atom. The lowest BCUT2D eigenvalue weighted by Gasteiger charge is -2.10. The number of nitrogens with one attached hydrogen (secondary N) is 1. The molecule has 0 aliphatic carbocycles. The zero-order valence-electron chi connectivity index (χ0n) is 15.6. The first-order chi connectivity index (χ1) is 13.8. The van der Waals surface area contributed by atoms with Crippen molar-refractivity contribution >= 4 is 11.4 Å². The van der Waals surface area contributed by atoms with Gasteiger partial charge >= 0.3 is 0 Å². The van der Waals surface area contributed by atoms with E-state index in [4.69, 9.17) is 4.74 Å². The van der Waals surface area contributed by atoms with E-state index >= 15 is 0 Å². The first-order valence-corrected chi connectivity index (χ1v) is 9.11. The summed E-state index contributed by atoms with van der Waals surface area (Å²) in [7, 11) is 1.65. The Bertz CT molecular complexity index is 1080. The van der Waals surface area contributed by atoms with E-state index < -0.39 is 0 Å². The molecular formula is C21H21N5O2. The number of carbonyl (C=O) groups excluding carboxylic acids is 1. The number of ether oxygens (including phenoxy) is 1. The lowest BCUT2D eigenvalue weighted by Crippen LogP contribution is -2.27. The van der Waals surface area contributed by atoms with Gasteiger partial charge in [0, 0.05) is 49.9 Å². The molecule has 4 aromatic heterocycles. The molecule has 0 aromatic carbocycles. The maximum absolute atomic E-state index is 12.6. The van der Waals surface area contributed by atoms with Crippen LogP contribution in [0.4, 0.5) is 0 Å². The predicted octanol–water partition coefficient (Wildman–Crippen LogP) is 2.95. The smallest absolute Gasteiger partial charge is 0.270 e. The van der Waals surface area contributed by atoms with Crippen LogP contribution in [0.15, 0.2) is 67.3 Å². The highest BCUT2D eigenvalue weighted by Gasteiger charge is 2.15. The third-order valence-electron chi connectivity index (χ3n) is 4.53. The van der Waals surface area contributed by atoms with Gasteiger partial charge in [-0.15, -0.1) is 0 Å². The number of aromatic nitrogens is 4. The SMILES string of the molecule is COCCCNC(=O)c1ccnn1-c1ccc2ccc(-c3cccnc3)cn12. The number of hydrogen-bond acceptors (Lipinski definition) is 4. The van der Waals surface area contributed by atoms with Crippen LogP contribution in [-0.4, -0.2) is 45.3 Å². The van der Waals surface area contributed by atoms with Gasteiger partial charge in [0.15, 0.2) is 0 Å². The highest BCUT2D eigenvalue weighted by Crippen LogP contribution is 2.22. The molecule has 4 heterocycles. The number of carbonyl (C=O) groups is 1. The summed E-state index contributed by atoms with van der Waals surface area (Å²) in [6.07, 6.45) is 8.01. The fraction of sp³-hybridized carbons (Fsp3) is 0.190. The van der Waals surface area contributed by atoms with Crippen molar-refractivity contribution in [1.82, 2.24) is 24.5 Å². The van der Waals surface area contributed by atoms with Crippen molar-refractivity contribution in [2.45, 2.75) is 6.42 Å². The standard InChI is InChI=1S/C21H21N5O2/c1-28-13-3-11-23-21(27)19-9-12-24-26(19)20-8-7-18-6-5-17(15-25(18)20)16-4-2-10-22-14-16/h2,4-10,12,14-15H,3,11,13H2,1H3,(H,23,27). The summed E-state index contributed by atoms with van der Waals surface area (Å²) < 4.78 is 8.70. The van der Waals surface area contributed by atoms with Crippen LogP contribution in [0.3, 0.4) is 0 Å². The van der Waals surface area contributed by atoms with E-state index in [-0.39, 0.29) is 5.91 Å². The Kier molecular flexibility index (Phi) is 5.16. The largest absolute Gasteiger partial charge is 0.385 e. The van der Waals surface area contributed by atoms with Gasteiger partial charge in [-0.2, -0.15) is 5.10 Å². The quantitative estimate of drug-likeness (QED) is 0.504. The van der Waals surface area contributed by atoms with E-state index in [9.17, 15) is 4.79 Å². The van der Waals surface area contributed by atoms with Crippen molar-refractivity contribution in [2.75, 3.05) is 20.3 Å². The number of nitrogens with zero attached hydrogens (tertiary/aromatic N) is 4. The lowest BCUT2D eigenvalue weighted by molar-refractivity contribution is 0.0940. The van der Waals surface area contributed by atoms with E-state index in [1.54, 1.807) is 30.3 Å². The molecule has 7 nitrogen and oxygen atoms in total. The average molecular weight is 375 g/mol. The number of pyridine rings is 2. The van der Waals surface area contributed by atoms with Crippen LogP contribution in [0.5, 0.6) is 0 Å². The molecule has 0 atom stereocenters. The third-order valence-corrected chi connectivity index (χ3v) is 4.53. The van der Waals surface area contributed by atoms with Crippen molar-refractivity contribution in [3.05, 3.63) is 72.9 Å². The molecule has 0 radical (unpaired) electrons. The molecule has 0 spiro atoms. The molecule has 1 amide bonds. The normalized spacial score (nSPS) is 11.0. The van der Waals surface area contributed by atoms with Gasteiger partial charge in [-0.1, -0.05) is 12.1 Å². The van der Waals surface area contributed by atoms with Crippen LogP contribution in [0.2, 0.25) is 0 Å². The van der Waals surface area contributed by atoms with Crippen molar-refractivity contribution in [2.24, 2.45) is 0 Å². The zero-order valence-corrected chi connectivity index (χ0v) is 15.6. The van der Waals surface area contributed by atoms with Crippen molar-refractivity contribution in [3.63, 3.8) is 0 Å². The molecule has 0 saturated heterocycles. The Morgan fingerprint density at radius 1 is 1.11 bits per heavy atom. The Balaban J connectivity index is 1.67. The van der Waals surface area contributed by atoms with Crippen LogP contribution in [0.25, 0.3) is 22.5 Å². The molecule has 4 aromatic rings. The molecule has 142 valence electrons. The number of fused-ring (bicyclic) bond motifs is 1. The summed E-state index contributed by atoms with van der Waals surface area (Å²) in [4.78, 5) is 16.8. The number of rotatable bonds is 7. The Morgan fingerprint density at radius 3 is 2.82 bits per heavy atom. The van der Waals surface area contributed by atoms with Gasteiger partial charge in [0.25, 0.3) is 5.91 Å². The van der Waals surface area contributed by atoms with Crippen molar-refractivity contribution in [1.29, 1.82) is 0 Å². The minimum atomic E-state index is -0.160. The zero-order chi connectivity index (χ0) is 19.3. The summed E-state index contributed by atoms with van der Waals surface area (Å²) in [6, 6.07) is 13.7. The Labute approximate surface area is 162 Å². The maximum atomic E-state index is 12.6. The van der Waals surface area contributed by atoms with Gasteiger partial charge < -0.3 is 14.5 Å². The van der Waals surface area contributed by atoms with Crippen LogP contribution < -0.4 is 5.32 Å². The molecule has 0 aliphatic rings. The van der Waals surface area contributed by atoms with Gasteiger partial charge in [-0.25, -0.2) is 4.68 Å². The molecule has 4 rings (SSSR count). The summed E-state index contributed by atoms with van der Waals surface area (Å²) in [5.41, 5.74) is 3.57. The van der Waals surface area contributed by atoms with Crippen LogP contribution in [0, 0.1) is 0 Å². The molecule has 28 heavy (non-hydrogen) atoms. The second kappa shape index (κ2) is 8.06. The number of amides is 1. The first-order valence-electron chi connectivity index (χ1n) is 9.11. The molecule has 0 saturated carbocycles. The fourth-order valence-corrected chi connectivity index (χ4v) is 3.13. The second-order valence-electron chi connectivity index (χ2n) is 6.38. The summed E-state index contributed by atoms with van der Waals surface area (Å²) >= 11 is 0. The van der Waals surface area contributed by atoms with Gasteiger partial charge in [0.1, 0.15) is 11.5 Å². The van der Waals surface area contributed by atoms with Crippen molar-refractivity contribution < 1.29 is 9.53 Å². The number of methoxy groups -OCH3 is 1. The van der Waals surface area contributed by atoms with E-state index in [1.165, 1.54) is 0 Å². The van der Waals surface area contributed by atoms with Gasteiger partial charge in [0.2, 0.25) is 0 Å². The molecule has 0 fully saturated rings. The van der Waals surface area contributed by atoms with Gasteiger partial charge in [0.05, 0.1) is 6.20 Å². The number of hydrogen-bond donors (Lipinski definition) is 1. The van der Waals surface area contributed by atoms with Gasteiger partial charge in [-0.05, 0) is 42.3 Å². The van der Waals surface area contributed by atoms with E-state index in [0.29, 0.717) is 18.8 Å². The summed E-state index contributed by atoms with van der Waals surface area (Å²) in [5, 5.41) is 7.28. The monoisotopic (exact) mass is 375 g/mol. The Hall–Kier alpha value is -3.45. The molecule has 0 bridgehead atoms. The predicted molar refractivity (Wildman–Crippen MR) is 107 cm³/mol. The molecule has 0 unspecified atom stereocenters. The summed E-state index contributed by atoms with van der Waals surface area (Å²) in [6.45, 7) is 1.16. The maximum Gasteiger partial charge on any atom is 0.270 e. The van der Waals surface area contributed by atoms with Crippen molar-refractivity contribution in [3.8, 4) is 16.9 Å². The molecular weight excluding hydrogens is 354 g/mol. The lowest BCUT2D eigenvalue weighted by atomic mass is 10.1. The van der Waals surface area contributed by atoms with E-state index in [0.717, 1.165) is 28.9 Å². The van der Waals surface area contributed by atoms with Crippen LogP contribution >= 0.6 is 0 Å². The van der Waals surface area contributed by atoms with Gasteiger partial charge in [-0.3, -0.25) is 9.78 Å². The highest BCUT2D eigenvalue weighted by molar-refractivity contribution is 5.93. The van der Waals surface area contributed by atoms with E-state index in [1.807, 2.05) is 47.1 Å². The molecule has 1 N–H and O–H groups in total. The first kappa shape index (κ1) is 17.9. The highest BCUT2D eigenvalue weighted by atomic mass is 16.5. The average Bonchev–Trinajstić information content (AvgIpc) is 3.38. The van der Waals surface area contributed by atoms with Crippen LogP contribution in [-0.2, 0) is 4.74 Å². The minimum absolute atomic E-state index is 0.160. The topological polar surface area (TPSA) is 73.4 Å².